The lowest BCUT2D eigenvalue weighted by Crippen LogP contribution is -2.39. The van der Waals surface area contributed by atoms with Crippen LogP contribution in [0.5, 0.6) is 5.75 Å². The third kappa shape index (κ3) is 8.67. The summed E-state index contributed by atoms with van der Waals surface area (Å²) in [5.41, 5.74) is 5.06. The molecule has 0 atom stereocenters. The van der Waals surface area contributed by atoms with E-state index in [4.69, 9.17) is 9.47 Å². The number of nitrogens with zero attached hydrogens (tertiary/aromatic N) is 3. The van der Waals surface area contributed by atoms with Gasteiger partial charge in [0.15, 0.2) is 0 Å². The van der Waals surface area contributed by atoms with Crippen LogP contribution >= 0.6 is 0 Å². The second kappa shape index (κ2) is 15.1. The summed E-state index contributed by atoms with van der Waals surface area (Å²) in [6, 6.07) is 23.7. The first-order chi connectivity index (χ1) is 22.6. The van der Waals surface area contributed by atoms with Crippen molar-refractivity contribution in [2.75, 3.05) is 32.8 Å². The van der Waals surface area contributed by atoms with Crippen molar-refractivity contribution in [2.24, 2.45) is 0 Å². The number of rotatable bonds is 11. The number of nitrogens with one attached hydrogen (secondary N) is 1. The van der Waals surface area contributed by atoms with Crippen molar-refractivity contribution in [3.8, 4) is 5.75 Å². The summed E-state index contributed by atoms with van der Waals surface area (Å²) in [4.78, 5) is 28.8. The maximum absolute atomic E-state index is 14.5. The Labute approximate surface area is 275 Å². The van der Waals surface area contributed by atoms with Gasteiger partial charge in [-0.05, 0) is 92.1 Å². The molecule has 1 aromatic heterocycles. The van der Waals surface area contributed by atoms with Gasteiger partial charge < -0.3 is 19.3 Å². The molecule has 1 aliphatic heterocycles. The fraction of sp³-hybridized carbons (Fsp3) is 0.342. The van der Waals surface area contributed by atoms with Gasteiger partial charge in [-0.25, -0.2) is 4.79 Å². The molecule has 4 aromatic rings. The van der Waals surface area contributed by atoms with Crippen molar-refractivity contribution in [2.45, 2.75) is 52.6 Å². The molecule has 0 unspecified atom stereocenters. The van der Waals surface area contributed by atoms with Crippen LogP contribution in [0.2, 0.25) is 0 Å². The average Bonchev–Trinajstić information content (AvgIpc) is 3.73. The van der Waals surface area contributed by atoms with E-state index in [2.05, 4.69) is 29.3 Å². The maximum atomic E-state index is 14.5. The highest BCUT2D eigenvalue weighted by molar-refractivity contribution is 6.00. The predicted molar refractivity (Wildman–Crippen MR) is 183 cm³/mol. The number of aromatic amines is 1. The van der Waals surface area contributed by atoms with Gasteiger partial charge in [0.05, 0.1) is 17.4 Å². The highest BCUT2D eigenvalue weighted by atomic mass is 19.1. The molecular formula is C38H43FN4O4. The summed E-state index contributed by atoms with van der Waals surface area (Å²) in [6.07, 6.45) is 5.58. The molecule has 47 heavy (non-hydrogen) atoms. The average molecular weight is 639 g/mol. The quantitative estimate of drug-likeness (QED) is 0.134. The maximum Gasteiger partial charge on any atom is 0.410 e. The Morgan fingerprint density at radius 1 is 0.979 bits per heavy atom. The Morgan fingerprint density at radius 3 is 2.36 bits per heavy atom. The molecule has 1 saturated heterocycles. The topological polar surface area (TPSA) is 87.8 Å². The second-order valence-corrected chi connectivity index (χ2v) is 12.6. The number of allylic oxidation sites excluding steroid dienone is 1. The van der Waals surface area contributed by atoms with Gasteiger partial charge in [0.2, 0.25) is 11.9 Å². The van der Waals surface area contributed by atoms with E-state index >= 15 is 0 Å². The van der Waals surface area contributed by atoms with Crippen molar-refractivity contribution in [3.05, 3.63) is 108 Å². The van der Waals surface area contributed by atoms with Gasteiger partial charge in [0, 0.05) is 25.7 Å². The molecule has 1 N–H and O–H groups in total. The highest BCUT2D eigenvalue weighted by Gasteiger charge is 2.22. The van der Waals surface area contributed by atoms with E-state index in [1.54, 1.807) is 6.08 Å². The minimum absolute atomic E-state index is 0.0373. The van der Waals surface area contributed by atoms with E-state index in [0.717, 1.165) is 60.2 Å². The van der Waals surface area contributed by atoms with Gasteiger partial charge in [-0.2, -0.15) is 4.39 Å². The molecule has 2 heterocycles. The predicted octanol–water partition coefficient (Wildman–Crippen LogP) is 7.87. The van der Waals surface area contributed by atoms with Crippen LogP contribution in [-0.2, 0) is 9.53 Å². The van der Waals surface area contributed by atoms with Gasteiger partial charge in [-0.3, -0.25) is 9.89 Å². The third-order valence-corrected chi connectivity index (χ3v) is 8.01. The van der Waals surface area contributed by atoms with Crippen molar-refractivity contribution in [1.82, 2.24) is 20.0 Å². The van der Waals surface area contributed by atoms with Gasteiger partial charge in [0.1, 0.15) is 18.0 Å². The standard InChI is InChI=1S/C38H43FN4O4/c1-5-31(27-12-7-6-8-13-27)35(29-17-20-33-32(26-29)36(39)41-40-33)28-15-18-30(19-16-28)46-25-24-43(37(45)47-38(2,3)4)23-11-14-34(44)42-21-9-10-22-42/h6-8,11-20,26H,5,9-10,21-25H2,1-4H3,(H,40,41)/b14-11+,35-31+. The molecule has 0 bridgehead atoms. The Hall–Kier alpha value is -4.92. The molecule has 5 rings (SSSR count). The van der Waals surface area contributed by atoms with Crippen LogP contribution < -0.4 is 4.74 Å². The fourth-order valence-electron chi connectivity index (χ4n) is 5.72. The number of benzene rings is 3. The minimum atomic E-state index is -0.655. The van der Waals surface area contributed by atoms with Crippen LogP contribution in [0.4, 0.5) is 9.18 Å². The molecule has 8 nitrogen and oxygen atoms in total. The fourth-order valence-corrected chi connectivity index (χ4v) is 5.72. The molecule has 9 heteroatoms. The summed E-state index contributed by atoms with van der Waals surface area (Å²) >= 11 is 0. The highest BCUT2D eigenvalue weighted by Crippen LogP contribution is 2.36. The molecule has 1 aliphatic rings. The number of aromatic nitrogens is 2. The zero-order valence-corrected chi connectivity index (χ0v) is 27.6. The van der Waals surface area contributed by atoms with Crippen LogP contribution in [0, 0.1) is 5.95 Å². The summed E-state index contributed by atoms with van der Waals surface area (Å²) in [6.45, 7) is 9.85. The van der Waals surface area contributed by atoms with Gasteiger partial charge >= 0.3 is 6.09 Å². The van der Waals surface area contributed by atoms with E-state index in [-0.39, 0.29) is 25.6 Å². The summed E-state index contributed by atoms with van der Waals surface area (Å²) in [5.74, 6) is 0.0765. The molecule has 0 saturated carbocycles. The number of halogens is 1. The van der Waals surface area contributed by atoms with Crippen LogP contribution in [-0.4, -0.2) is 70.4 Å². The van der Waals surface area contributed by atoms with E-state index in [9.17, 15) is 14.0 Å². The third-order valence-electron chi connectivity index (χ3n) is 8.01. The van der Waals surface area contributed by atoms with E-state index in [1.165, 1.54) is 11.0 Å². The lowest BCUT2D eigenvalue weighted by molar-refractivity contribution is -0.125. The zero-order chi connectivity index (χ0) is 33.4. The first-order valence-corrected chi connectivity index (χ1v) is 16.2. The molecule has 2 amide bonds. The molecule has 3 aromatic carbocycles. The monoisotopic (exact) mass is 638 g/mol. The van der Waals surface area contributed by atoms with E-state index < -0.39 is 17.6 Å². The number of fused-ring (bicyclic) bond motifs is 1. The first-order valence-electron chi connectivity index (χ1n) is 16.2. The number of hydrogen-bond acceptors (Lipinski definition) is 5. The Morgan fingerprint density at radius 2 is 1.68 bits per heavy atom. The summed E-state index contributed by atoms with van der Waals surface area (Å²) < 4.78 is 26.2. The van der Waals surface area contributed by atoms with Gasteiger partial charge in [0.25, 0.3) is 0 Å². The van der Waals surface area contributed by atoms with Crippen LogP contribution in [0.3, 0.4) is 0 Å². The summed E-state index contributed by atoms with van der Waals surface area (Å²) in [5, 5.41) is 6.91. The van der Waals surface area contributed by atoms with Crippen molar-refractivity contribution < 1.29 is 23.5 Å². The van der Waals surface area contributed by atoms with Crippen LogP contribution in [0.15, 0.2) is 84.9 Å². The number of likely N-dealkylation sites (tertiary alicyclic amines) is 1. The van der Waals surface area contributed by atoms with Crippen LogP contribution in [0.1, 0.15) is 63.6 Å². The lowest BCUT2D eigenvalue weighted by Gasteiger charge is -2.26. The number of amides is 2. The van der Waals surface area contributed by atoms with Crippen LogP contribution in [0.25, 0.3) is 22.0 Å². The number of carbonyl (C=O) groups is 2. The normalized spacial score (nSPS) is 14.0. The largest absolute Gasteiger partial charge is 0.492 e. The minimum Gasteiger partial charge on any atom is -0.492 e. The van der Waals surface area contributed by atoms with Crippen molar-refractivity contribution in [3.63, 3.8) is 0 Å². The lowest BCUT2D eigenvalue weighted by atomic mass is 9.88. The smallest absolute Gasteiger partial charge is 0.410 e. The summed E-state index contributed by atoms with van der Waals surface area (Å²) in [7, 11) is 0. The second-order valence-electron chi connectivity index (χ2n) is 12.6. The molecule has 1 fully saturated rings. The molecule has 0 spiro atoms. The van der Waals surface area contributed by atoms with Gasteiger partial charge in [-0.15, -0.1) is 5.10 Å². The first kappa shape index (κ1) is 33.4. The molecule has 0 radical (unpaired) electrons. The van der Waals surface area contributed by atoms with Crippen molar-refractivity contribution in [1.29, 1.82) is 0 Å². The number of H-pyrrole nitrogens is 1. The van der Waals surface area contributed by atoms with Crippen molar-refractivity contribution >= 4 is 34.0 Å². The van der Waals surface area contributed by atoms with E-state index in [1.807, 2.05) is 86.3 Å². The number of ether oxygens (including phenoxy) is 2. The van der Waals surface area contributed by atoms with Gasteiger partial charge in [-0.1, -0.05) is 61.5 Å². The Bertz CT molecular complexity index is 1730. The molecule has 246 valence electrons. The Kier molecular flexibility index (Phi) is 10.8. The molecular weight excluding hydrogens is 595 g/mol. The number of carbonyl (C=O) groups excluding carboxylic acids is 2. The van der Waals surface area contributed by atoms with E-state index in [0.29, 0.717) is 16.7 Å². The SMILES string of the molecule is CC/C(=C(/c1ccc(OCCN(C/C=C/C(=O)N2CCCC2)C(=O)OC(C)(C)C)cc1)c1ccc2[nH]nc(F)c2c1)c1ccccc1. The number of hydrogen-bond donors (Lipinski definition) is 1. The molecule has 0 aliphatic carbocycles. The zero-order valence-electron chi connectivity index (χ0n) is 27.6. The Balaban J connectivity index is 1.33.